The van der Waals surface area contributed by atoms with Gasteiger partial charge in [-0.1, -0.05) is 0 Å². The van der Waals surface area contributed by atoms with E-state index >= 15 is 0 Å². The van der Waals surface area contributed by atoms with Crippen LogP contribution in [0, 0.1) is 0 Å². The molecule has 0 fully saturated rings. The van der Waals surface area contributed by atoms with E-state index in [1.165, 1.54) is 0 Å². The van der Waals surface area contributed by atoms with Gasteiger partial charge in [-0.15, -0.1) is 11.3 Å². The van der Waals surface area contributed by atoms with Crippen molar-refractivity contribution in [2.75, 3.05) is 12.4 Å². The SMILES string of the molecule is COc1ccc2c(=O)cc(-c3csc(NC(C)C)c3)[nH]c2c1. The normalized spacial score (nSPS) is 11.1. The van der Waals surface area contributed by atoms with Crippen molar-refractivity contribution < 1.29 is 4.74 Å². The van der Waals surface area contributed by atoms with Gasteiger partial charge in [-0.05, 0) is 32.0 Å². The molecule has 0 aliphatic heterocycles. The second kappa shape index (κ2) is 5.85. The van der Waals surface area contributed by atoms with Crippen molar-refractivity contribution in [1.29, 1.82) is 0 Å². The molecule has 3 aromatic rings. The third-order valence-corrected chi connectivity index (χ3v) is 4.24. The highest BCUT2D eigenvalue weighted by atomic mass is 32.1. The van der Waals surface area contributed by atoms with Crippen LogP contribution in [0.5, 0.6) is 5.75 Å². The Hall–Kier alpha value is -2.27. The number of thiophene rings is 1. The number of methoxy groups -OCH3 is 1. The molecule has 0 saturated heterocycles. The average molecular weight is 314 g/mol. The first-order valence-corrected chi connectivity index (χ1v) is 8.01. The van der Waals surface area contributed by atoms with E-state index in [0.29, 0.717) is 11.4 Å². The molecular weight excluding hydrogens is 296 g/mol. The summed E-state index contributed by atoms with van der Waals surface area (Å²) in [6.45, 7) is 4.20. The van der Waals surface area contributed by atoms with Crippen molar-refractivity contribution in [3.63, 3.8) is 0 Å². The molecule has 0 radical (unpaired) electrons. The number of H-pyrrole nitrogens is 1. The molecule has 0 aliphatic carbocycles. The van der Waals surface area contributed by atoms with Gasteiger partial charge in [0.05, 0.1) is 23.3 Å². The summed E-state index contributed by atoms with van der Waals surface area (Å²) in [5.74, 6) is 0.729. The molecule has 2 N–H and O–H groups in total. The van der Waals surface area contributed by atoms with Crippen molar-refractivity contribution >= 4 is 27.2 Å². The summed E-state index contributed by atoms with van der Waals surface area (Å²) in [5.41, 5.74) is 2.62. The van der Waals surface area contributed by atoms with Crippen molar-refractivity contribution in [2.45, 2.75) is 19.9 Å². The van der Waals surface area contributed by atoms with Gasteiger partial charge in [0, 0.05) is 34.5 Å². The number of fused-ring (bicyclic) bond motifs is 1. The van der Waals surface area contributed by atoms with Gasteiger partial charge >= 0.3 is 0 Å². The first-order chi connectivity index (χ1) is 10.6. The standard InChI is InChI=1S/C17H18N2O2S/c1-10(2)18-17-6-11(9-22-17)14-8-16(20)13-5-4-12(21-3)7-15(13)19-14/h4-10,18H,1-3H3,(H,19,20). The molecule has 0 saturated carbocycles. The highest BCUT2D eigenvalue weighted by Gasteiger charge is 2.08. The number of ether oxygens (including phenoxy) is 1. The second-order valence-electron chi connectivity index (χ2n) is 5.46. The Kier molecular flexibility index (Phi) is 3.90. The van der Waals surface area contributed by atoms with E-state index in [0.717, 1.165) is 27.5 Å². The van der Waals surface area contributed by atoms with E-state index in [-0.39, 0.29) is 5.43 Å². The number of pyridine rings is 1. The number of benzene rings is 1. The molecule has 5 heteroatoms. The quantitative estimate of drug-likeness (QED) is 0.763. The number of hydrogen-bond donors (Lipinski definition) is 2. The summed E-state index contributed by atoms with van der Waals surface area (Å²) in [7, 11) is 1.62. The molecule has 0 bridgehead atoms. The van der Waals surface area contributed by atoms with Gasteiger partial charge in [-0.25, -0.2) is 0 Å². The zero-order valence-corrected chi connectivity index (χ0v) is 13.6. The van der Waals surface area contributed by atoms with Crippen molar-refractivity contribution in [1.82, 2.24) is 4.98 Å². The lowest BCUT2D eigenvalue weighted by molar-refractivity contribution is 0.415. The largest absolute Gasteiger partial charge is 0.497 e. The Morgan fingerprint density at radius 3 is 2.77 bits per heavy atom. The van der Waals surface area contributed by atoms with Crippen molar-refractivity contribution in [3.05, 3.63) is 45.9 Å². The summed E-state index contributed by atoms with van der Waals surface area (Å²) < 4.78 is 5.23. The minimum Gasteiger partial charge on any atom is -0.497 e. The van der Waals surface area contributed by atoms with Crippen LogP contribution in [0.25, 0.3) is 22.2 Å². The molecule has 4 nitrogen and oxygen atoms in total. The van der Waals surface area contributed by atoms with Crippen LogP contribution in [0.4, 0.5) is 5.00 Å². The molecule has 0 unspecified atom stereocenters. The van der Waals surface area contributed by atoms with E-state index < -0.39 is 0 Å². The van der Waals surface area contributed by atoms with E-state index in [1.807, 2.05) is 11.4 Å². The third kappa shape index (κ3) is 2.85. The predicted molar refractivity (Wildman–Crippen MR) is 93.2 cm³/mol. The lowest BCUT2D eigenvalue weighted by Crippen LogP contribution is -2.07. The number of hydrogen-bond acceptors (Lipinski definition) is 4. The Morgan fingerprint density at radius 1 is 1.23 bits per heavy atom. The number of aromatic nitrogens is 1. The number of aromatic amines is 1. The fourth-order valence-corrected chi connectivity index (χ4v) is 3.30. The molecule has 22 heavy (non-hydrogen) atoms. The number of nitrogens with one attached hydrogen (secondary N) is 2. The maximum Gasteiger partial charge on any atom is 0.190 e. The summed E-state index contributed by atoms with van der Waals surface area (Å²) in [5, 5.41) is 7.18. The first-order valence-electron chi connectivity index (χ1n) is 7.13. The van der Waals surface area contributed by atoms with E-state index in [1.54, 1.807) is 36.6 Å². The molecule has 114 valence electrons. The summed E-state index contributed by atoms with van der Waals surface area (Å²) in [6, 6.07) is 9.52. The molecule has 2 heterocycles. The average Bonchev–Trinajstić information content (AvgIpc) is 2.94. The zero-order chi connectivity index (χ0) is 15.7. The second-order valence-corrected chi connectivity index (χ2v) is 6.37. The summed E-state index contributed by atoms with van der Waals surface area (Å²) >= 11 is 1.63. The van der Waals surface area contributed by atoms with E-state index in [9.17, 15) is 4.79 Å². The number of anilines is 1. The number of rotatable bonds is 4. The van der Waals surface area contributed by atoms with Crippen LogP contribution in [0.15, 0.2) is 40.5 Å². The third-order valence-electron chi connectivity index (χ3n) is 3.38. The summed E-state index contributed by atoms with van der Waals surface area (Å²) in [4.78, 5) is 15.6. The monoisotopic (exact) mass is 314 g/mol. The van der Waals surface area contributed by atoms with Crippen molar-refractivity contribution in [3.8, 4) is 17.0 Å². The highest BCUT2D eigenvalue weighted by molar-refractivity contribution is 7.14. The summed E-state index contributed by atoms with van der Waals surface area (Å²) in [6.07, 6.45) is 0. The van der Waals surface area contributed by atoms with Crippen LogP contribution < -0.4 is 15.5 Å². The molecule has 0 aliphatic rings. The van der Waals surface area contributed by atoms with Crippen molar-refractivity contribution in [2.24, 2.45) is 0 Å². The van der Waals surface area contributed by atoms with E-state index in [2.05, 4.69) is 30.2 Å². The van der Waals surface area contributed by atoms with Crippen LogP contribution in [0.1, 0.15) is 13.8 Å². The molecular formula is C17H18N2O2S. The van der Waals surface area contributed by atoms with Crippen LogP contribution in [-0.2, 0) is 0 Å². The molecule has 0 spiro atoms. The molecule has 0 amide bonds. The van der Waals surface area contributed by atoms with Gasteiger partial charge in [0.1, 0.15) is 5.75 Å². The Bertz CT molecular complexity index is 864. The minimum absolute atomic E-state index is 0.0102. The van der Waals surface area contributed by atoms with Crippen LogP contribution in [0.2, 0.25) is 0 Å². The molecule has 1 aromatic carbocycles. The lowest BCUT2D eigenvalue weighted by atomic mass is 10.1. The molecule has 2 aromatic heterocycles. The topological polar surface area (TPSA) is 54.1 Å². The van der Waals surface area contributed by atoms with Gasteiger partial charge < -0.3 is 15.0 Å². The molecule has 3 rings (SSSR count). The zero-order valence-electron chi connectivity index (χ0n) is 12.8. The van der Waals surface area contributed by atoms with Gasteiger partial charge in [0.25, 0.3) is 0 Å². The Balaban J connectivity index is 2.07. The lowest BCUT2D eigenvalue weighted by Gasteiger charge is -2.06. The van der Waals surface area contributed by atoms with Gasteiger partial charge in [0.2, 0.25) is 0 Å². The van der Waals surface area contributed by atoms with Crippen LogP contribution in [-0.4, -0.2) is 18.1 Å². The Labute approximate surface area is 132 Å². The van der Waals surface area contributed by atoms with Gasteiger partial charge in [0.15, 0.2) is 5.43 Å². The smallest absolute Gasteiger partial charge is 0.190 e. The van der Waals surface area contributed by atoms with Crippen LogP contribution in [0.3, 0.4) is 0 Å². The fourth-order valence-electron chi connectivity index (χ4n) is 2.35. The highest BCUT2D eigenvalue weighted by Crippen LogP contribution is 2.29. The van der Waals surface area contributed by atoms with Gasteiger partial charge in [-0.3, -0.25) is 4.79 Å². The fraction of sp³-hybridized carbons (Fsp3) is 0.235. The maximum atomic E-state index is 12.3. The Morgan fingerprint density at radius 2 is 2.05 bits per heavy atom. The first kappa shape index (κ1) is 14.7. The molecule has 0 atom stereocenters. The minimum atomic E-state index is 0.0102. The van der Waals surface area contributed by atoms with Crippen LogP contribution >= 0.6 is 11.3 Å². The predicted octanol–water partition coefficient (Wildman–Crippen LogP) is 4.09. The maximum absolute atomic E-state index is 12.3. The van der Waals surface area contributed by atoms with E-state index in [4.69, 9.17) is 4.74 Å². The van der Waals surface area contributed by atoms with Gasteiger partial charge in [-0.2, -0.15) is 0 Å².